The molecule has 2 fully saturated rings. The van der Waals surface area contributed by atoms with Gasteiger partial charge >= 0.3 is 0 Å². The summed E-state index contributed by atoms with van der Waals surface area (Å²) >= 11 is 0. The zero-order valence-corrected chi connectivity index (χ0v) is 13.8. The van der Waals surface area contributed by atoms with Gasteiger partial charge in [0.25, 0.3) is 0 Å². The van der Waals surface area contributed by atoms with Crippen molar-refractivity contribution in [3.8, 4) is 0 Å². The quantitative estimate of drug-likeness (QED) is 0.583. The summed E-state index contributed by atoms with van der Waals surface area (Å²) in [5.41, 5.74) is 22.2. The molecule has 8 N–H and O–H groups in total. The summed E-state index contributed by atoms with van der Waals surface area (Å²) < 4.78 is 0. The molecule has 0 aromatic rings. The van der Waals surface area contributed by atoms with E-state index in [1.165, 1.54) is 57.8 Å². The molecule has 0 spiro atoms. The van der Waals surface area contributed by atoms with Gasteiger partial charge in [0.05, 0.1) is 0 Å². The number of hydrogen-bond acceptors (Lipinski definition) is 4. The molecular formula is C17H38N4. The molecule has 0 aromatic heterocycles. The Morgan fingerprint density at radius 1 is 0.571 bits per heavy atom. The minimum absolute atomic E-state index is 0.501. The monoisotopic (exact) mass is 298 g/mol. The van der Waals surface area contributed by atoms with Crippen LogP contribution in [0.15, 0.2) is 0 Å². The second-order valence-corrected chi connectivity index (χ2v) is 7.08. The molecule has 0 bridgehead atoms. The molecule has 0 unspecified atom stereocenters. The molecule has 0 heterocycles. The smallest absolute Gasteiger partial charge is 0.00390 e. The van der Waals surface area contributed by atoms with Crippen LogP contribution in [0.2, 0.25) is 0 Å². The highest BCUT2D eigenvalue weighted by molar-refractivity contribution is 4.80. The number of nitrogens with two attached hydrogens (primary N) is 4. The molecule has 2 saturated carbocycles. The van der Waals surface area contributed by atoms with Crippen molar-refractivity contribution in [1.29, 1.82) is 0 Å². The standard InChI is InChI=1S/C13H26N2.C4H12N2/c14-12-5-1-10(2-6-12)9-11-3-7-13(15)8-4-11;5-3-1-2-4-6/h10-13H,1-9,14-15H2;1-6H2. The third-order valence-electron chi connectivity index (χ3n) is 5.11. The van der Waals surface area contributed by atoms with E-state index in [4.69, 9.17) is 22.9 Å². The van der Waals surface area contributed by atoms with Crippen LogP contribution in [0.25, 0.3) is 0 Å². The zero-order valence-electron chi connectivity index (χ0n) is 13.8. The van der Waals surface area contributed by atoms with E-state index in [9.17, 15) is 0 Å². The Kier molecular flexibility index (Phi) is 10.3. The van der Waals surface area contributed by atoms with E-state index < -0.39 is 0 Å². The van der Waals surface area contributed by atoms with Gasteiger partial charge in [-0.05, 0) is 95.6 Å². The first kappa shape index (κ1) is 18.9. The van der Waals surface area contributed by atoms with Gasteiger partial charge in [0.1, 0.15) is 0 Å². The van der Waals surface area contributed by atoms with Crippen molar-refractivity contribution in [3.05, 3.63) is 0 Å². The molecule has 4 heteroatoms. The molecule has 21 heavy (non-hydrogen) atoms. The molecule has 0 aromatic carbocycles. The van der Waals surface area contributed by atoms with Gasteiger partial charge in [0, 0.05) is 12.1 Å². The van der Waals surface area contributed by atoms with E-state index in [0.717, 1.165) is 37.8 Å². The summed E-state index contributed by atoms with van der Waals surface area (Å²) in [7, 11) is 0. The van der Waals surface area contributed by atoms with Crippen molar-refractivity contribution in [2.45, 2.75) is 82.7 Å². The van der Waals surface area contributed by atoms with Gasteiger partial charge in [-0.3, -0.25) is 0 Å². The van der Waals surface area contributed by atoms with Crippen LogP contribution >= 0.6 is 0 Å². The molecule has 0 radical (unpaired) electrons. The second-order valence-electron chi connectivity index (χ2n) is 7.08. The highest BCUT2D eigenvalue weighted by Crippen LogP contribution is 2.34. The maximum Gasteiger partial charge on any atom is 0.00390 e. The van der Waals surface area contributed by atoms with Crippen molar-refractivity contribution in [3.63, 3.8) is 0 Å². The third-order valence-corrected chi connectivity index (χ3v) is 5.11. The summed E-state index contributed by atoms with van der Waals surface area (Å²) in [4.78, 5) is 0. The third kappa shape index (κ3) is 8.77. The molecule has 126 valence electrons. The van der Waals surface area contributed by atoms with Crippen LogP contribution in [0.4, 0.5) is 0 Å². The molecule has 2 aliphatic rings. The van der Waals surface area contributed by atoms with Crippen LogP contribution in [0.1, 0.15) is 70.6 Å². The van der Waals surface area contributed by atoms with E-state index in [1.54, 1.807) is 0 Å². The summed E-state index contributed by atoms with van der Waals surface area (Å²) in [6.45, 7) is 1.55. The first-order chi connectivity index (χ1) is 10.2. The molecule has 2 aliphatic carbocycles. The lowest BCUT2D eigenvalue weighted by Crippen LogP contribution is -2.30. The van der Waals surface area contributed by atoms with E-state index in [0.29, 0.717) is 12.1 Å². The van der Waals surface area contributed by atoms with Crippen molar-refractivity contribution in [2.75, 3.05) is 13.1 Å². The van der Waals surface area contributed by atoms with Gasteiger partial charge in [-0.25, -0.2) is 0 Å². The Morgan fingerprint density at radius 2 is 0.905 bits per heavy atom. The average Bonchev–Trinajstić information content (AvgIpc) is 2.50. The second kappa shape index (κ2) is 11.4. The topological polar surface area (TPSA) is 104 Å². The number of unbranched alkanes of at least 4 members (excludes halogenated alkanes) is 1. The first-order valence-corrected chi connectivity index (χ1v) is 9.07. The van der Waals surface area contributed by atoms with E-state index >= 15 is 0 Å². The minimum Gasteiger partial charge on any atom is -0.330 e. The van der Waals surface area contributed by atoms with Crippen LogP contribution in [0.5, 0.6) is 0 Å². The van der Waals surface area contributed by atoms with Gasteiger partial charge in [-0.1, -0.05) is 0 Å². The predicted molar refractivity (Wildman–Crippen MR) is 91.8 cm³/mol. The van der Waals surface area contributed by atoms with Gasteiger partial charge in [0.15, 0.2) is 0 Å². The Bertz CT molecular complexity index is 207. The van der Waals surface area contributed by atoms with Crippen LogP contribution in [0.3, 0.4) is 0 Å². The lowest BCUT2D eigenvalue weighted by atomic mass is 9.76. The van der Waals surface area contributed by atoms with Crippen molar-refractivity contribution in [1.82, 2.24) is 0 Å². The maximum atomic E-state index is 5.93. The van der Waals surface area contributed by atoms with Crippen molar-refractivity contribution >= 4 is 0 Å². The Hall–Kier alpha value is -0.160. The average molecular weight is 299 g/mol. The van der Waals surface area contributed by atoms with Crippen LogP contribution in [-0.4, -0.2) is 25.2 Å². The van der Waals surface area contributed by atoms with Gasteiger partial charge in [-0.15, -0.1) is 0 Å². The normalized spacial score (nSPS) is 33.1. The number of rotatable bonds is 5. The summed E-state index contributed by atoms with van der Waals surface area (Å²) in [6, 6.07) is 1.00. The summed E-state index contributed by atoms with van der Waals surface area (Å²) in [5, 5.41) is 0. The number of hydrogen-bond donors (Lipinski definition) is 4. The van der Waals surface area contributed by atoms with Crippen LogP contribution in [-0.2, 0) is 0 Å². The van der Waals surface area contributed by atoms with Crippen molar-refractivity contribution in [2.24, 2.45) is 34.8 Å². The fraction of sp³-hybridized carbons (Fsp3) is 1.00. The highest BCUT2D eigenvalue weighted by atomic mass is 14.6. The van der Waals surface area contributed by atoms with Gasteiger partial charge in [0.2, 0.25) is 0 Å². The Balaban J connectivity index is 0.000000315. The van der Waals surface area contributed by atoms with Crippen LogP contribution < -0.4 is 22.9 Å². The lowest BCUT2D eigenvalue weighted by molar-refractivity contribution is 0.225. The minimum atomic E-state index is 0.501. The van der Waals surface area contributed by atoms with Crippen molar-refractivity contribution < 1.29 is 0 Å². The predicted octanol–water partition coefficient (Wildman–Crippen LogP) is 2.10. The first-order valence-electron chi connectivity index (χ1n) is 9.07. The maximum absolute atomic E-state index is 5.93. The highest BCUT2D eigenvalue weighted by Gasteiger charge is 2.24. The Morgan fingerprint density at radius 3 is 1.19 bits per heavy atom. The fourth-order valence-corrected chi connectivity index (χ4v) is 3.61. The van der Waals surface area contributed by atoms with Crippen LogP contribution in [0, 0.1) is 11.8 Å². The largest absolute Gasteiger partial charge is 0.330 e. The van der Waals surface area contributed by atoms with E-state index in [-0.39, 0.29) is 0 Å². The Labute approximate surface area is 131 Å². The molecular weight excluding hydrogens is 260 g/mol. The van der Waals surface area contributed by atoms with E-state index in [1.807, 2.05) is 0 Å². The molecule has 0 amide bonds. The SMILES string of the molecule is NC1CCC(CC2CCC(N)CC2)CC1.NCCCCN. The molecule has 4 nitrogen and oxygen atoms in total. The summed E-state index contributed by atoms with van der Waals surface area (Å²) in [6.07, 6.45) is 14.1. The lowest BCUT2D eigenvalue weighted by Gasteiger charge is -2.32. The molecule has 0 aliphatic heterocycles. The zero-order chi connectivity index (χ0) is 15.5. The molecule has 0 saturated heterocycles. The van der Waals surface area contributed by atoms with Gasteiger partial charge < -0.3 is 22.9 Å². The molecule has 0 atom stereocenters. The van der Waals surface area contributed by atoms with Gasteiger partial charge in [-0.2, -0.15) is 0 Å². The fourth-order valence-electron chi connectivity index (χ4n) is 3.61. The molecule has 2 rings (SSSR count). The van der Waals surface area contributed by atoms with E-state index in [2.05, 4.69) is 0 Å². The summed E-state index contributed by atoms with van der Waals surface area (Å²) in [5.74, 6) is 1.95.